The summed E-state index contributed by atoms with van der Waals surface area (Å²) in [4.78, 5) is 11.9. The Morgan fingerprint density at radius 2 is 2.00 bits per heavy atom. The first-order valence-corrected chi connectivity index (χ1v) is 6.83. The van der Waals surface area contributed by atoms with Crippen LogP contribution < -0.4 is 10.1 Å². The van der Waals surface area contributed by atoms with E-state index in [1.165, 1.54) is 0 Å². The molecule has 0 spiro atoms. The molecule has 0 radical (unpaired) electrons. The molecule has 2 rings (SSSR count). The van der Waals surface area contributed by atoms with Crippen molar-refractivity contribution in [2.45, 2.75) is 13.0 Å². The van der Waals surface area contributed by atoms with Gasteiger partial charge in [-0.05, 0) is 49.4 Å². The largest absolute Gasteiger partial charge is 0.457 e. The van der Waals surface area contributed by atoms with Gasteiger partial charge in [0.05, 0.1) is 17.7 Å². The molecular formula is C17H16N2O3. The lowest BCUT2D eigenvalue weighted by Gasteiger charge is -2.09. The Morgan fingerprint density at radius 1 is 1.27 bits per heavy atom. The Balaban J connectivity index is 2.07. The van der Waals surface area contributed by atoms with Crippen molar-refractivity contribution in [3.8, 4) is 17.6 Å². The molecule has 2 aromatic carbocycles. The van der Waals surface area contributed by atoms with Gasteiger partial charge in [0.1, 0.15) is 11.5 Å². The summed E-state index contributed by atoms with van der Waals surface area (Å²) in [6, 6.07) is 15.5. The van der Waals surface area contributed by atoms with Gasteiger partial charge in [0.15, 0.2) is 0 Å². The highest BCUT2D eigenvalue weighted by molar-refractivity contribution is 5.94. The molecule has 0 saturated carbocycles. The normalized spacial score (nSPS) is 11.3. The molecule has 0 aliphatic rings. The van der Waals surface area contributed by atoms with Crippen LogP contribution in [-0.4, -0.2) is 23.7 Å². The topological polar surface area (TPSA) is 82.3 Å². The molecular weight excluding hydrogens is 280 g/mol. The number of ether oxygens (including phenoxy) is 1. The van der Waals surface area contributed by atoms with Crippen LogP contribution in [-0.2, 0) is 0 Å². The lowest BCUT2D eigenvalue weighted by Crippen LogP contribution is -2.30. The summed E-state index contributed by atoms with van der Waals surface area (Å²) < 4.78 is 5.66. The zero-order valence-electron chi connectivity index (χ0n) is 12.1. The van der Waals surface area contributed by atoms with E-state index in [0.29, 0.717) is 22.6 Å². The molecule has 0 heterocycles. The Morgan fingerprint density at radius 3 is 2.64 bits per heavy atom. The summed E-state index contributed by atoms with van der Waals surface area (Å²) in [5.74, 6) is 0.834. The summed E-state index contributed by atoms with van der Waals surface area (Å²) in [5, 5.41) is 20.6. The molecule has 112 valence electrons. The van der Waals surface area contributed by atoms with Gasteiger partial charge in [-0.15, -0.1) is 0 Å². The van der Waals surface area contributed by atoms with Crippen molar-refractivity contribution in [1.29, 1.82) is 5.26 Å². The molecule has 2 aromatic rings. The van der Waals surface area contributed by atoms with Crippen LogP contribution in [0.2, 0.25) is 0 Å². The minimum Gasteiger partial charge on any atom is -0.457 e. The number of nitriles is 1. The molecule has 1 amide bonds. The molecule has 1 atom stereocenters. The number of benzene rings is 2. The van der Waals surface area contributed by atoms with Crippen LogP contribution in [0.1, 0.15) is 22.8 Å². The third kappa shape index (κ3) is 4.33. The molecule has 5 heteroatoms. The molecule has 0 aliphatic heterocycles. The fourth-order valence-electron chi connectivity index (χ4n) is 1.78. The van der Waals surface area contributed by atoms with E-state index < -0.39 is 6.10 Å². The van der Waals surface area contributed by atoms with Gasteiger partial charge in [0.2, 0.25) is 0 Å². The Labute approximate surface area is 128 Å². The SMILES string of the molecule is CC(O)CNC(=O)c1cccc(Oc2ccc(C#N)cc2)c1. The lowest BCUT2D eigenvalue weighted by atomic mass is 10.2. The van der Waals surface area contributed by atoms with Crippen molar-refractivity contribution in [3.05, 3.63) is 59.7 Å². The maximum Gasteiger partial charge on any atom is 0.251 e. The molecule has 5 nitrogen and oxygen atoms in total. The second-order valence-corrected chi connectivity index (χ2v) is 4.83. The molecule has 0 aromatic heterocycles. The Kier molecular flexibility index (Phi) is 5.12. The molecule has 2 N–H and O–H groups in total. The van der Waals surface area contributed by atoms with Gasteiger partial charge in [-0.3, -0.25) is 4.79 Å². The van der Waals surface area contributed by atoms with E-state index in [9.17, 15) is 9.90 Å². The van der Waals surface area contributed by atoms with Crippen molar-refractivity contribution >= 4 is 5.91 Å². The second kappa shape index (κ2) is 7.25. The van der Waals surface area contributed by atoms with Crippen LogP contribution in [0, 0.1) is 11.3 Å². The summed E-state index contributed by atoms with van der Waals surface area (Å²) in [5.41, 5.74) is 1.00. The fourth-order valence-corrected chi connectivity index (χ4v) is 1.78. The predicted octanol–water partition coefficient (Wildman–Crippen LogP) is 2.46. The summed E-state index contributed by atoms with van der Waals surface area (Å²) in [6.07, 6.45) is -0.595. The number of aliphatic hydroxyl groups is 1. The van der Waals surface area contributed by atoms with Crippen LogP contribution in [0.3, 0.4) is 0 Å². The minimum absolute atomic E-state index is 0.194. The van der Waals surface area contributed by atoms with E-state index in [2.05, 4.69) is 5.32 Å². The maximum absolute atomic E-state index is 11.9. The number of hydrogen-bond acceptors (Lipinski definition) is 4. The van der Waals surface area contributed by atoms with E-state index in [1.54, 1.807) is 55.5 Å². The number of carbonyl (C=O) groups excluding carboxylic acids is 1. The summed E-state index contributed by atoms with van der Waals surface area (Å²) in [6.45, 7) is 1.80. The Bertz CT molecular complexity index is 688. The van der Waals surface area contributed by atoms with Gasteiger partial charge >= 0.3 is 0 Å². The standard InChI is InChI=1S/C17H16N2O3/c1-12(20)11-19-17(21)14-3-2-4-16(9-14)22-15-7-5-13(10-18)6-8-15/h2-9,12,20H,11H2,1H3,(H,19,21). The van der Waals surface area contributed by atoms with Crippen LogP contribution in [0.15, 0.2) is 48.5 Å². The average molecular weight is 296 g/mol. The fraction of sp³-hybridized carbons (Fsp3) is 0.176. The molecule has 0 fully saturated rings. The lowest BCUT2D eigenvalue weighted by molar-refractivity contribution is 0.0923. The van der Waals surface area contributed by atoms with E-state index in [0.717, 1.165) is 0 Å². The highest BCUT2D eigenvalue weighted by Crippen LogP contribution is 2.22. The predicted molar refractivity (Wildman–Crippen MR) is 81.7 cm³/mol. The summed E-state index contributed by atoms with van der Waals surface area (Å²) >= 11 is 0. The van der Waals surface area contributed by atoms with E-state index in [-0.39, 0.29) is 12.5 Å². The zero-order chi connectivity index (χ0) is 15.9. The van der Waals surface area contributed by atoms with Gasteiger partial charge < -0.3 is 15.2 Å². The van der Waals surface area contributed by atoms with Gasteiger partial charge in [-0.25, -0.2) is 0 Å². The van der Waals surface area contributed by atoms with Crippen LogP contribution in [0.5, 0.6) is 11.5 Å². The molecule has 22 heavy (non-hydrogen) atoms. The quantitative estimate of drug-likeness (QED) is 0.888. The van der Waals surface area contributed by atoms with Crippen molar-refractivity contribution in [3.63, 3.8) is 0 Å². The van der Waals surface area contributed by atoms with E-state index >= 15 is 0 Å². The van der Waals surface area contributed by atoms with Gasteiger partial charge in [0.25, 0.3) is 5.91 Å². The number of carbonyl (C=O) groups is 1. The minimum atomic E-state index is -0.595. The number of rotatable bonds is 5. The third-order valence-corrected chi connectivity index (χ3v) is 2.87. The molecule has 0 bridgehead atoms. The van der Waals surface area contributed by atoms with Crippen LogP contribution >= 0.6 is 0 Å². The van der Waals surface area contributed by atoms with Crippen molar-refractivity contribution < 1.29 is 14.6 Å². The Hall–Kier alpha value is -2.84. The van der Waals surface area contributed by atoms with E-state index in [4.69, 9.17) is 10.00 Å². The monoisotopic (exact) mass is 296 g/mol. The van der Waals surface area contributed by atoms with Crippen molar-refractivity contribution in [2.75, 3.05) is 6.54 Å². The average Bonchev–Trinajstić information content (AvgIpc) is 2.53. The van der Waals surface area contributed by atoms with Crippen molar-refractivity contribution in [2.24, 2.45) is 0 Å². The third-order valence-electron chi connectivity index (χ3n) is 2.87. The molecule has 0 aliphatic carbocycles. The molecule has 0 saturated heterocycles. The number of aliphatic hydroxyl groups excluding tert-OH is 1. The highest BCUT2D eigenvalue weighted by Gasteiger charge is 2.08. The van der Waals surface area contributed by atoms with E-state index in [1.807, 2.05) is 6.07 Å². The van der Waals surface area contributed by atoms with Gasteiger partial charge in [-0.1, -0.05) is 6.07 Å². The van der Waals surface area contributed by atoms with Crippen molar-refractivity contribution in [1.82, 2.24) is 5.32 Å². The van der Waals surface area contributed by atoms with Crippen LogP contribution in [0.25, 0.3) is 0 Å². The number of amides is 1. The summed E-state index contributed by atoms with van der Waals surface area (Å²) in [7, 11) is 0. The first-order valence-electron chi connectivity index (χ1n) is 6.83. The first kappa shape index (κ1) is 15.5. The first-order chi connectivity index (χ1) is 10.6. The molecule has 1 unspecified atom stereocenters. The number of nitrogens with zero attached hydrogens (tertiary/aromatic N) is 1. The van der Waals surface area contributed by atoms with Gasteiger partial charge in [0, 0.05) is 12.1 Å². The smallest absolute Gasteiger partial charge is 0.251 e. The van der Waals surface area contributed by atoms with Gasteiger partial charge in [-0.2, -0.15) is 5.26 Å². The van der Waals surface area contributed by atoms with Crippen LogP contribution in [0.4, 0.5) is 0 Å². The maximum atomic E-state index is 11.9. The second-order valence-electron chi connectivity index (χ2n) is 4.83. The number of hydrogen-bond donors (Lipinski definition) is 2. The number of nitrogens with one attached hydrogen (secondary N) is 1. The highest BCUT2D eigenvalue weighted by atomic mass is 16.5. The zero-order valence-corrected chi connectivity index (χ0v) is 12.1.